The third-order valence-electron chi connectivity index (χ3n) is 3.59. The fourth-order valence-electron chi connectivity index (χ4n) is 2.48. The first-order valence-electron chi connectivity index (χ1n) is 7.01. The lowest BCUT2D eigenvalue weighted by Crippen LogP contribution is -2.09. The first-order valence-corrected chi connectivity index (χ1v) is 7.01. The van der Waals surface area contributed by atoms with Crippen LogP contribution in [0.3, 0.4) is 0 Å². The first kappa shape index (κ1) is 13.1. The van der Waals surface area contributed by atoms with Crippen LogP contribution in [0.4, 0.5) is 0 Å². The zero-order valence-corrected chi connectivity index (χ0v) is 11.5. The van der Waals surface area contributed by atoms with Gasteiger partial charge >= 0.3 is 0 Å². The van der Waals surface area contributed by atoms with E-state index in [1.165, 1.54) is 5.56 Å². The molecular weight excluding hydrogens is 256 g/mol. The number of rotatable bonds is 4. The summed E-state index contributed by atoms with van der Waals surface area (Å²) in [5.74, 6) is 1.88. The highest BCUT2D eigenvalue weighted by molar-refractivity contribution is 5.38. The molecule has 1 atom stereocenters. The van der Waals surface area contributed by atoms with Gasteiger partial charge in [-0.1, -0.05) is 18.1 Å². The van der Waals surface area contributed by atoms with Gasteiger partial charge in [-0.15, -0.1) is 0 Å². The molecule has 0 aliphatic heterocycles. The van der Waals surface area contributed by atoms with Crippen LogP contribution in [0.25, 0.3) is 0 Å². The molecule has 2 aromatic rings. The third kappa shape index (κ3) is 2.67. The van der Waals surface area contributed by atoms with E-state index >= 15 is 0 Å². The van der Waals surface area contributed by atoms with Crippen molar-refractivity contribution in [1.29, 1.82) is 0 Å². The van der Waals surface area contributed by atoms with E-state index in [-0.39, 0.29) is 12.7 Å². The van der Waals surface area contributed by atoms with Gasteiger partial charge in [0.05, 0.1) is 6.10 Å². The number of aliphatic hydroxyl groups is 1. The second-order valence-electron chi connectivity index (χ2n) is 5.02. The smallest absolute Gasteiger partial charge is 0.264 e. The van der Waals surface area contributed by atoms with E-state index in [9.17, 15) is 5.11 Å². The molecule has 0 radical (unpaired) electrons. The molecule has 1 heterocycles. The molecule has 1 aromatic carbocycles. The molecule has 0 unspecified atom stereocenters. The Hall–Kier alpha value is -1.88. The lowest BCUT2D eigenvalue weighted by Gasteiger charge is -2.21. The molecule has 20 heavy (non-hydrogen) atoms. The number of fused-ring (bicyclic) bond motifs is 1. The molecule has 5 heteroatoms. The Balaban J connectivity index is 1.70. The molecule has 0 spiro atoms. The van der Waals surface area contributed by atoms with Crippen LogP contribution in [-0.4, -0.2) is 15.2 Å². The molecule has 0 fully saturated rings. The van der Waals surface area contributed by atoms with Crippen molar-refractivity contribution in [3.63, 3.8) is 0 Å². The number of hydrogen-bond acceptors (Lipinski definition) is 5. The molecule has 0 saturated carbocycles. The highest BCUT2D eigenvalue weighted by atomic mass is 16.5. The van der Waals surface area contributed by atoms with Crippen LogP contribution in [-0.2, 0) is 19.4 Å². The Morgan fingerprint density at radius 2 is 2.35 bits per heavy atom. The number of aryl methyl sites for hydroxylation is 2. The average molecular weight is 274 g/mol. The Morgan fingerprint density at radius 1 is 1.45 bits per heavy atom. The molecule has 5 nitrogen and oxygen atoms in total. The van der Waals surface area contributed by atoms with Gasteiger partial charge in [-0.25, -0.2) is 0 Å². The van der Waals surface area contributed by atoms with Crippen LogP contribution in [0, 0.1) is 0 Å². The van der Waals surface area contributed by atoms with Gasteiger partial charge in [-0.3, -0.25) is 0 Å². The monoisotopic (exact) mass is 274 g/mol. The van der Waals surface area contributed by atoms with E-state index in [1.807, 2.05) is 25.1 Å². The van der Waals surface area contributed by atoms with Crippen molar-refractivity contribution in [2.75, 3.05) is 0 Å². The van der Waals surface area contributed by atoms with Crippen molar-refractivity contribution in [2.45, 2.75) is 45.3 Å². The normalized spacial score (nSPS) is 17.8. The second-order valence-corrected chi connectivity index (χ2v) is 5.02. The number of hydrogen-bond donors (Lipinski definition) is 1. The minimum Gasteiger partial charge on any atom is -0.484 e. The predicted octanol–water partition coefficient (Wildman–Crippen LogP) is 2.58. The van der Waals surface area contributed by atoms with Crippen molar-refractivity contribution >= 4 is 0 Å². The maximum absolute atomic E-state index is 10.0. The van der Waals surface area contributed by atoms with E-state index in [0.717, 1.165) is 37.0 Å². The van der Waals surface area contributed by atoms with Crippen LogP contribution in [0.1, 0.15) is 48.7 Å². The summed E-state index contributed by atoms with van der Waals surface area (Å²) in [5.41, 5.74) is 2.19. The van der Waals surface area contributed by atoms with Crippen molar-refractivity contribution in [3.8, 4) is 5.75 Å². The fraction of sp³-hybridized carbons (Fsp3) is 0.467. The highest BCUT2D eigenvalue weighted by Crippen LogP contribution is 2.32. The summed E-state index contributed by atoms with van der Waals surface area (Å²) in [6.45, 7) is 2.22. The molecule has 0 bridgehead atoms. The summed E-state index contributed by atoms with van der Waals surface area (Å²) in [6.07, 6.45) is 3.25. The van der Waals surface area contributed by atoms with Crippen molar-refractivity contribution in [2.24, 2.45) is 0 Å². The van der Waals surface area contributed by atoms with Gasteiger partial charge in [0.1, 0.15) is 5.75 Å². The van der Waals surface area contributed by atoms with Crippen LogP contribution in [0.15, 0.2) is 22.7 Å². The van der Waals surface area contributed by atoms with E-state index in [4.69, 9.17) is 9.26 Å². The number of aromatic nitrogens is 2. The predicted molar refractivity (Wildman–Crippen MR) is 72.3 cm³/mol. The standard InChI is InChI=1S/C15H18N2O3/c1-2-14-16-15(20-17-14)9-19-11-7-6-10-4-3-5-13(18)12(10)8-11/h6-8,13,18H,2-5,9H2,1H3/t13-/m1/s1. The van der Waals surface area contributed by atoms with Gasteiger partial charge in [0, 0.05) is 6.42 Å². The third-order valence-corrected chi connectivity index (χ3v) is 3.59. The summed E-state index contributed by atoms with van der Waals surface area (Å²) in [5, 5.41) is 13.8. The van der Waals surface area contributed by atoms with Crippen molar-refractivity contribution < 1.29 is 14.4 Å². The molecule has 1 aromatic heterocycles. The first-order chi connectivity index (χ1) is 9.76. The van der Waals surface area contributed by atoms with Gasteiger partial charge in [0.2, 0.25) is 0 Å². The topological polar surface area (TPSA) is 68.4 Å². The summed E-state index contributed by atoms with van der Waals surface area (Å²) < 4.78 is 10.7. The van der Waals surface area contributed by atoms with E-state index in [1.54, 1.807) is 0 Å². The summed E-state index contributed by atoms with van der Waals surface area (Å²) in [7, 11) is 0. The van der Waals surface area contributed by atoms with Crippen LogP contribution in [0.5, 0.6) is 5.75 Å². The number of aliphatic hydroxyl groups excluding tert-OH is 1. The van der Waals surface area contributed by atoms with E-state index in [2.05, 4.69) is 10.1 Å². The average Bonchev–Trinajstić information content (AvgIpc) is 2.94. The summed E-state index contributed by atoms with van der Waals surface area (Å²) in [4.78, 5) is 4.19. The van der Waals surface area contributed by atoms with Crippen molar-refractivity contribution in [1.82, 2.24) is 10.1 Å². The molecule has 3 rings (SSSR count). The van der Waals surface area contributed by atoms with Crippen molar-refractivity contribution in [3.05, 3.63) is 41.0 Å². The minimum absolute atomic E-state index is 0.252. The molecular formula is C15H18N2O3. The lowest BCUT2D eigenvalue weighted by molar-refractivity contribution is 0.155. The SMILES string of the molecule is CCc1noc(COc2ccc3c(c2)[C@H](O)CCC3)n1. The van der Waals surface area contributed by atoms with Crippen LogP contribution in [0.2, 0.25) is 0 Å². The molecule has 0 amide bonds. The molecule has 1 N–H and O–H groups in total. The molecule has 0 saturated heterocycles. The fourth-order valence-corrected chi connectivity index (χ4v) is 2.48. The lowest BCUT2D eigenvalue weighted by atomic mass is 9.89. The van der Waals surface area contributed by atoms with Gasteiger partial charge in [-0.05, 0) is 42.5 Å². The highest BCUT2D eigenvalue weighted by Gasteiger charge is 2.18. The zero-order valence-electron chi connectivity index (χ0n) is 11.5. The Kier molecular flexibility index (Phi) is 3.69. The van der Waals surface area contributed by atoms with Crippen LogP contribution >= 0.6 is 0 Å². The van der Waals surface area contributed by atoms with Gasteiger partial charge in [-0.2, -0.15) is 4.98 Å². The molecule has 1 aliphatic carbocycles. The molecule has 106 valence electrons. The summed E-state index contributed by atoms with van der Waals surface area (Å²) in [6, 6.07) is 5.86. The Bertz CT molecular complexity index is 595. The maximum Gasteiger partial charge on any atom is 0.264 e. The van der Waals surface area contributed by atoms with Gasteiger partial charge < -0.3 is 14.4 Å². The second kappa shape index (κ2) is 5.63. The number of nitrogens with zero attached hydrogens (tertiary/aromatic N) is 2. The quantitative estimate of drug-likeness (QED) is 0.928. The largest absolute Gasteiger partial charge is 0.484 e. The van der Waals surface area contributed by atoms with E-state index in [0.29, 0.717) is 11.7 Å². The number of ether oxygens (including phenoxy) is 1. The number of benzene rings is 1. The van der Waals surface area contributed by atoms with Gasteiger partial charge in [0.15, 0.2) is 12.4 Å². The summed E-state index contributed by atoms with van der Waals surface area (Å²) >= 11 is 0. The van der Waals surface area contributed by atoms with Crippen LogP contribution < -0.4 is 4.74 Å². The minimum atomic E-state index is -0.377. The molecule has 1 aliphatic rings. The van der Waals surface area contributed by atoms with Gasteiger partial charge in [0.25, 0.3) is 5.89 Å². The Labute approximate surface area is 117 Å². The zero-order chi connectivity index (χ0) is 13.9. The van der Waals surface area contributed by atoms with E-state index < -0.39 is 0 Å². The maximum atomic E-state index is 10.0. The Morgan fingerprint density at radius 3 is 3.15 bits per heavy atom.